The van der Waals surface area contributed by atoms with E-state index in [2.05, 4.69) is 10.0 Å². The second-order valence-corrected chi connectivity index (χ2v) is 7.26. The number of carbonyl (C=O) groups is 1. The molecule has 2 aromatic carbocycles. The van der Waals surface area contributed by atoms with Gasteiger partial charge in [0, 0.05) is 12.2 Å². The summed E-state index contributed by atoms with van der Waals surface area (Å²) in [5.74, 6) is 0.392. The van der Waals surface area contributed by atoms with Crippen LogP contribution in [-0.2, 0) is 16.6 Å². The van der Waals surface area contributed by atoms with Crippen molar-refractivity contribution in [2.75, 3.05) is 18.1 Å². The normalized spacial score (nSPS) is 11.0. The first kappa shape index (κ1) is 18.1. The van der Waals surface area contributed by atoms with Crippen LogP contribution in [0.3, 0.4) is 0 Å². The Balaban J connectivity index is 2.03. The van der Waals surface area contributed by atoms with E-state index < -0.39 is 10.0 Å². The zero-order valence-corrected chi connectivity index (χ0v) is 14.7. The van der Waals surface area contributed by atoms with Crippen molar-refractivity contribution in [3.05, 3.63) is 58.6 Å². The van der Waals surface area contributed by atoms with E-state index >= 15 is 0 Å². The number of ether oxygens (including phenoxy) is 1. The van der Waals surface area contributed by atoms with Gasteiger partial charge in [0.25, 0.3) is 5.91 Å². The van der Waals surface area contributed by atoms with Gasteiger partial charge in [0.2, 0.25) is 10.0 Å². The van der Waals surface area contributed by atoms with E-state index in [1.54, 1.807) is 19.2 Å². The molecular weight excluding hydrogens is 352 g/mol. The number of hydrogen-bond donors (Lipinski definition) is 2. The zero-order valence-electron chi connectivity index (χ0n) is 13.2. The lowest BCUT2D eigenvalue weighted by atomic mass is 10.1. The van der Waals surface area contributed by atoms with Gasteiger partial charge in [-0.15, -0.1) is 0 Å². The van der Waals surface area contributed by atoms with Crippen molar-refractivity contribution in [3.8, 4) is 5.75 Å². The lowest BCUT2D eigenvalue weighted by Crippen LogP contribution is -2.23. The molecule has 24 heavy (non-hydrogen) atoms. The van der Waals surface area contributed by atoms with Gasteiger partial charge in [0.1, 0.15) is 5.75 Å². The predicted molar refractivity (Wildman–Crippen MR) is 94.1 cm³/mol. The van der Waals surface area contributed by atoms with Crippen LogP contribution in [-0.4, -0.2) is 27.7 Å². The summed E-state index contributed by atoms with van der Waals surface area (Å²) in [7, 11) is -1.81. The Morgan fingerprint density at radius 3 is 2.38 bits per heavy atom. The first-order chi connectivity index (χ1) is 11.3. The highest BCUT2D eigenvalue weighted by Gasteiger charge is 2.12. The number of nitrogens with one attached hydrogen (secondary N) is 2. The molecule has 0 unspecified atom stereocenters. The largest absolute Gasteiger partial charge is 0.497 e. The van der Waals surface area contributed by atoms with Gasteiger partial charge in [-0.25, -0.2) is 8.42 Å². The van der Waals surface area contributed by atoms with E-state index in [4.69, 9.17) is 16.3 Å². The fourth-order valence-corrected chi connectivity index (χ4v) is 2.82. The molecule has 0 heterocycles. The standard InChI is InChI=1S/C16H17ClN2O4S/c1-23-13-6-3-11(4-7-13)10-18-16(20)14-8-5-12(9-15(14)17)19-24(2,21)22/h3-9,19H,10H2,1-2H3,(H,18,20). The number of benzene rings is 2. The quantitative estimate of drug-likeness (QED) is 0.820. The molecule has 2 rings (SSSR count). The highest BCUT2D eigenvalue weighted by molar-refractivity contribution is 7.92. The van der Waals surface area contributed by atoms with Gasteiger partial charge in [0.15, 0.2) is 0 Å². The molecule has 0 saturated carbocycles. The molecule has 0 atom stereocenters. The van der Waals surface area contributed by atoms with Crippen LogP contribution in [0.2, 0.25) is 5.02 Å². The van der Waals surface area contributed by atoms with Crippen LogP contribution in [0, 0.1) is 0 Å². The number of methoxy groups -OCH3 is 1. The Kier molecular flexibility index (Phi) is 5.69. The van der Waals surface area contributed by atoms with Gasteiger partial charge in [-0.1, -0.05) is 23.7 Å². The number of anilines is 1. The topological polar surface area (TPSA) is 84.5 Å². The first-order valence-electron chi connectivity index (χ1n) is 6.97. The third-order valence-electron chi connectivity index (χ3n) is 3.13. The molecule has 0 aliphatic heterocycles. The predicted octanol–water partition coefficient (Wildman–Crippen LogP) is 2.65. The number of rotatable bonds is 6. The molecule has 128 valence electrons. The average molecular weight is 369 g/mol. The van der Waals surface area contributed by atoms with Crippen molar-refractivity contribution >= 4 is 33.2 Å². The number of carbonyl (C=O) groups excluding carboxylic acids is 1. The van der Waals surface area contributed by atoms with Crippen LogP contribution in [0.15, 0.2) is 42.5 Å². The van der Waals surface area contributed by atoms with Crippen molar-refractivity contribution in [2.45, 2.75) is 6.54 Å². The molecule has 0 aliphatic carbocycles. The van der Waals surface area contributed by atoms with Gasteiger partial charge in [0.05, 0.1) is 24.0 Å². The third-order valence-corrected chi connectivity index (χ3v) is 4.05. The maximum Gasteiger partial charge on any atom is 0.253 e. The molecule has 2 aromatic rings. The fourth-order valence-electron chi connectivity index (χ4n) is 2.00. The average Bonchev–Trinajstić information content (AvgIpc) is 2.51. The fraction of sp³-hybridized carbons (Fsp3) is 0.188. The number of sulfonamides is 1. The molecule has 0 aromatic heterocycles. The summed E-state index contributed by atoms with van der Waals surface area (Å²) in [4.78, 5) is 12.2. The molecule has 0 aliphatic rings. The van der Waals surface area contributed by atoms with Gasteiger partial charge < -0.3 is 10.1 Å². The first-order valence-corrected chi connectivity index (χ1v) is 9.24. The Bertz CT molecular complexity index is 836. The van der Waals surface area contributed by atoms with Crippen LogP contribution in [0.1, 0.15) is 15.9 Å². The Morgan fingerprint density at radius 1 is 1.17 bits per heavy atom. The summed E-state index contributed by atoms with van der Waals surface area (Å²) in [5.41, 5.74) is 1.48. The maximum atomic E-state index is 12.2. The second kappa shape index (κ2) is 7.55. The van der Waals surface area contributed by atoms with Gasteiger partial charge in [-0.2, -0.15) is 0 Å². The number of hydrogen-bond acceptors (Lipinski definition) is 4. The SMILES string of the molecule is COc1ccc(CNC(=O)c2ccc(NS(C)(=O)=O)cc2Cl)cc1. The summed E-state index contributed by atoms with van der Waals surface area (Å²) >= 11 is 6.06. The van der Waals surface area contributed by atoms with E-state index in [-0.39, 0.29) is 16.5 Å². The molecule has 0 bridgehead atoms. The summed E-state index contributed by atoms with van der Waals surface area (Å²) in [5, 5.41) is 2.92. The van der Waals surface area contributed by atoms with Crippen molar-refractivity contribution in [2.24, 2.45) is 0 Å². The van der Waals surface area contributed by atoms with Crippen LogP contribution in [0.25, 0.3) is 0 Å². The summed E-state index contributed by atoms with van der Waals surface area (Å²) in [6, 6.07) is 11.7. The Morgan fingerprint density at radius 2 is 1.83 bits per heavy atom. The smallest absolute Gasteiger partial charge is 0.253 e. The minimum absolute atomic E-state index is 0.163. The highest BCUT2D eigenvalue weighted by atomic mass is 35.5. The Labute approximate surface area is 145 Å². The highest BCUT2D eigenvalue weighted by Crippen LogP contribution is 2.22. The molecule has 2 N–H and O–H groups in total. The molecule has 0 fully saturated rings. The van der Waals surface area contributed by atoms with Gasteiger partial charge >= 0.3 is 0 Å². The van der Waals surface area contributed by atoms with Gasteiger partial charge in [-0.05, 0) is 35.9 Å². The molecule has 8 heteroatoms. The van der Waals surface area contributed by atoms with Crippen molar-refractivity contribution < 1.29 is 17.9 Å². The molecule has 6 nitrogen and oxygen atoms in total. The summed E-state index contributed by atoms with van der Waals surface area (Å²) in [6.45, 7) is 0.336. The van der Waals surface area contributed by atoms with E-state index in [1.807, 2.05) is 12.1 Å². The number of amides is 1. The van der Waals surface area contributed by atoms with Crippen LogP contribution >= 0.6 is 11.6 Å². The minimum Gasteiger partial charge on any atom is -0.497 e. The van der Waals surface area contributed by atoms with E-state index in [0.29, 0.717) is 12.2 Å². The summed E-state index contributed by atoms with van der Waals surface area (Å²) < 4.78 is 29.8. The van der Waals surface area contributed by atoms with Crippen molar-refractivity contribution in [1.82, 2.24) is 5.32 Å². The van der Waals surface area contributed by atoms with E-state index in [0.717, 1.165) is 17.6 Å². The lowest BCUT2D eigenvalue weighted by Gasteiger charge is -2.09. The molecule has 0 saturated heterocycles. The van der Waals surface area contributed by atoms with Crippen molar-refractivity contribution in [1.29, 1.82) is 0 Å². The monoisotopic (exact) mass is 368 g/mol. The minimum atomic E-state index is -3.40. The summed E-state index contributed by atoms with van der Waals surface area (Å²) in [6.07, 6.45) is 1.04. The molecule has 0 radical (unpaired) electrons. The van der Waals surface area contributed by atoms with E-state index in [9.17, 15) is 13.2 Å². The molecular formula is C16H17ClN2O4S. The Hall–Kier alpha value is -2.25. The maximum absolute atomic E-state index is 12.2. The molecule has 1 amide bonds. The van der Waals surface area contributed by atoms with Crippen LogP contribution in [0.5, 0.6) is 5.75 Å². The van der Waals surface area contributed by atoms with Crippen molar-refractivity contribution in [3.63, 3.8) is 0 Å². The van der Waals surface area contributed by atoms with Crippen LogP contribution < -0.4 is 14.8 Å². The molecule has 0 spiro atoms. The third kappa shape index (κ3) is 5.14. The van der Waals surface area contributed by atoms with Gasteiger partial charge in [-0.3, -0.25) is 9.52 Å². The lowest BCUT2D eigenvalue weighted by molar-refractivity contribution is 0.0951. The van der Waals surface area contributed by atoms with E-state index in [1.165, 1.54) is 18.2 Å². The van der Waals surface area contributed by atoms with Crippen LogP contribution in [0.4, 0.5) is 5.69 Å². The number of halogens is 1. The second-order valence-electron chi connectivity index (χ2n) is 5.10. The zero-order chi connectivity index (χ0) is 17.7.